The van der Waals surface area contributed by atoms with Crippen LogP contribution in [0.2, 0.25) is 0 Å². The highest BCUT2D eigenvalue weighted by Gasteiger charge is 2.47. The summed E-state index contributed by atoms with van der Waals surface area (Å²) in [6, 6.07) is 18.7. The fourth-order valence-electron chi connectivity index (χ4n) is 4.37. The van der Waals surface area contributed by atoms with Gasteiger partial charge < -0.3 is 19.3 Å². The SMILES string of the molecule is CCCOc1ccc(/C(O)=C2\C(=O)C(=O)N(c3ccc4c(c3)OCO4)C2c2cccc(C)c2)cc1. The van der Waals surface area contributed by atoms with Crippen LogP contribution in [0.25, 0.3) is 5.76 Å². The molecule has 5 rings (SSSR count). The van der Waals surface area contributed by atoms with Gasteiger partial charge >= 0.3 is 0 Å². The Hall–Kier alpha value is -4.26. The van der Waals surface area contributed by atoms with Gasteiger partial charge in [-0.3, -0.25) is 14.5 Å². The van der Waals surface area contributed by atoms with Gasteiger partial charge in [0.25, 0.3) is 11.7 Å². The number of carbonyl (C=O) groups is 2. The molecule has 0 spiro atoms. The lowest BCUT2D eigenvalue weighted by Crippen LogP contribution is -2.29. The van der Waals surface area contributed by atoms with Crippen LogP contribution < -0.4 is 19.1 Å². The molecule has 0 saturated carbocycles. The first-order valence-electron chi connectivity index (χ1n) is 11.5. The Balaban J connectivity index is 1.63. The predicted molar refractivity (Wildman–Crippen MR) is 131 cm³/mol. The minimum atomic E-state index is -0.814. The van der Waals surface area contributed by atoms with Crippen LogP contribution in [0, 0.1) is 6.92 Å². The minimum absolute atomic E-state index is 0.0282. The molecule has 1 atom stereocenters. The molecule has 1 fully saturated rings. The Morgan fingerprint density at radius 1 is 1.03 bits per heavy atom. The van der Waals surface area contributed by atoms with Gasteiger partial charge in [-0.25, -0.2) is 0 Å². The molecular weight excluding hydrogens is 446 g/mol. The molecular formula is C28H25NO6. The average Bonchev–Trinajstić information content (AvgIpc) is 3.44. The second-order valence-electron chi connectivity index (χ2n) is 8.49. The van der Waals surface area contributed by atoms with E-state index in [2.05, 4.69) is 0 Å². The molecule has 178 valence electrons. The van der Waals surface area contributed by atoms with Crippen LogP contribution in [0.15, 0.2) is 72.3 Å². The van der Waals surface area contributed by atoms with E-state index in [1.54, 1.807) is 42.5 Å². The molecule has 2 aliphatic rings. The van der Waals surface area contributed by atoms with Crippen molar-refractivity contribution in [1.29, 1.82) is 0 Å². The van der Waals surface area contributed by atoms with Crippen LogP contribution in [0.1, 0.15) is 36.1 Å². The number of hydrogen-bond acceptors (Lipinski definition) is 6. The molecule has 7 heteroatoms. The van der Waals surface area contributed by atoms with Gasteiger partial charge in [-0.05, 0) is 55.3 Å². The molecule has 0 radical (unpaired) electrons. The Bertz CT molecular complexity index is 1330. The molecule has 0 aliphatic carbocycles. The Labute approximate surface area is 203 Å². The van der Waals surface area contributed by atoms with Crippen molar-refractivity contribution in [2.24, 2.45) is 0 Å². The van der Waals surface area contributed by atoms with Crippen molar-refractivity contribution >= 4 is 23.1 Å². The summed E-state index contributed by atoms with van der Waals surface area (Å²) < 4.78 is 16.5. The van der Waals surface area contributed by atoms with E-state index in [0.29, 0.717) is 40.7 Å². The van der Waals surface area contributed by atoms with Crippen molar-refractivity contribution in [3.63, 3.8) is 0 Å². The fourth-order valence-corrected chi connectivity index (χ4v) is 4.37. The van der Waals surface area contributed by atoms with Crippen molar-refractivity contribution in [2.75, 3.05) is 18.3 Å². The Morgan fingerprint density at radius 2 is 1.80 bits per heavy atom. The van der Waals surface area contributed by atoms with E-state index >= 15 is 0 Å². The molecule has 1 N–H and O–H groups in total. The maximum atomic E-state index is 13.3. The van der Waals surface area contributed by atoms with Crippen molar-refractivity contribution in [1.82, 2.24) is 0 Å². The first kappa shape index (κ1) is 22.5. The number of rotatable bonds is 6. The van der Waals surface area contributed by atoms with E-state index in [9.17, 15) is 14.7 Å². The van der Waals surface area contributed by atoms with Gasteiger partial charge in [0.2, 0.25) is 6.79 Å². The zero-order valence-corrected chi connectivity index (χ0v) is 19.5. The number of amides is 1. The van der Waals surface area contributed by atoms with E-state index in [1.807, 2.05) is 38.1 Å². The molecule has 2 heterocycles. The molecule has 0 bridgehead atoms. The van der Waals surface area contributed by atoms with E-state index in [1.165, 1.54) is 4.90 Å². The maximum Gasteiger partial charge on any atom is 0.300 e. The van der Waals surface area contributed by atoms with Gasteiger partial charge in [0, 0.05) is 17.3 Å². The second kappa shape index (κ2) is 9.18. The lowest BCUT2D eigenvalue weighted by atomic mass is 9.94. The highest BCUT2D eigenvalue weighted by Crippen LogP contribution is 2.45. The number of benzene rings is 3. The van der Waals surface area contributed by atoms with Crippen LogP contribution in [-0.2, 0) is 9.59 Å². The van der Waals surface area contributed by atoms with E-state index in [4.69, 9.17) is 14.2 Å². The summed E-state index contributed by atoms with van der Waals surface area (Å²) in [6.07, 6.45) is 0.877. The van der Waals surface area contributed by atoms with E-state index in [-0.39, 0.29) is 18.1 Å². The van der Waals surface area contributed by atoms with Crippen molar-refractivity contribution in [3.05, 3.63) is 89.0 Å². The monoisotopic (exact) mass is 471 g/mol. The maximum absolute atomic E-state index is 13.3. The smallest absolute Gasteiger partial charge is 0.300 e. The number of hydrogen-bond donors (Lipinski definition) is 1. The molecule has 1 saturated heterocycles. The summed E-state index contributed by atoms with van der Waals surface area (Å²) in [7, 11) is 0. The zero-order chi connectivity index (χ0) is 24.5. The molecule has 1 amide bonds. The summed E-state index contributed by atoms with van der Waals surface area (Å²) in [5.74, 6) is 0.0234. The number of carbonyl (C=O) groups excluding carboxylic acids is 2. The third-order valence-electron chi connectivity index (χ3n) is 6.04. The standard InChI is InChI=1S/C28H25NO6/c1-3-13-33-21-10-7-18(8-11-21)26(30)24-25(19-6-4-5-17(2)14-19)29(28(32)27(24)31)20-9-12-22-23(15-20)35-16-34-22/h4-12,14-15,25,30H,3,13,16H2,1-2H3/b26-24+. The van der Waals surface area contributed by atoms with Crippen molar-refractivity contribution < 1.29 is 28.9 Å². The number of fused-ring (bicyclic) bond motifs is 1. The van der Waals surface area contributed by atoms with Gasteiger partial charge in [0.05, 0.1) is 18.2 Å². The van der Waals surface area contributed by atoms with Crippen LogP contribution in [0.3, 0.4) is 0 Å². The second-order valence-corrected chi connectivity index (χ2v) is 8.49. The normalized spacial score (nSPS) is 18.2. The number of anilines is 1. The minimum Gasteiger partial charge on any atom is -0.507 e. The highest BCUT2D eigenvalue weighted by atomic mass is 16.7. The molecule has 7 nitrogen and oxygen atoms in total. The van der Waals surface area contributed by atoms with Crippen LogP contribution >= 0.6 is 0 Å². The molecule has 0 aromatic heterocycles. The van der Waals surface area contributed by atoms with Gasteiger partial charge in [-0.15, -0.1) is 0 Å². The first-order valence-corrected chi connectivity index (χ1v) is 11.5. The lowest BCUT2D eigenvalue weighted by molar-refractivity contribution is -0.132. The van der Waals surface area contributed by atoms with E-state index in [0.717, 1.165) is 12.0 Å². The fraction of sp³-hybridized carbons (Fsp3) is 0.214. The third kappa shape index (κ3) is 4.10. The average molecular weight is 472 g/mol. The van der Waals surface area contributed by atoms with Gasteiger partial charge in [-0.1, -0.05) is 36.8 Å². The van der Waals surface area contributed by atoms with Crippen LogP contribution in [0.5, 0.6) is 17.2 Å². The number of ketones is 1. The number of nitrogens with zero attached hydrogens (tertiary/aromatic N) is 1. The molecule has 35 heavy (non-hydrogen) atoms. The van der Waals surface area contributed by atoms with Gasteiger partial charge in [-0.2, -0.15) is 0 Å². The Kier molecular flexibility index (Phi) is 5.91. The number of aliphatic hydroxyl groups is 1. The lowest BCUT2D eigenvalue weighted by Gasteiger charge is -2.26. The predicted octanol–water partition coefficient (Wildman–Crippen LogP) is 5.14. The Morgan fingerprint density at radius 3 is 2.54 bits per heavy atom. The van der Waals surface area contributed by atoms with Crippen molar-refractivity contribution in [2.45, 2.75) is 26.3 Å². The molecule has 2 aliphatic heterocycles. The topological polar surface area (TPSA) is 85.3 Å². The molecule has 3 aromatic carbocycles. The summed E-state index contributed by atoms with van der Waals surface area (Å²) in [5.41, 5.74) is 2.61. The quantitative estimate of drug-likeness (QED) is 0.304. The van der Waals surface area contributed by atoms with E-state index < -0.39 is 17.7 Å². The third-order valence-corrected chi connectivity index (χ3v) is 6.04. The van der Waals surface area contributed by atoms with Crippen LogP contribution in [-0.4, -0.2) is 30.2 Å². The number of ether oxygens (including phenoxy) is 3. The van der Waals surface area contributed by atoms with Crippen LogP contribution in [0.4, 0.5) is 5.69 Å². The number of aryl methyl sites for hydroxylation is 1. The molecule has 1 unspecified atom stereocenters. The summed E-state index contributed by atoms with van der Waals surface area (Å²) >= 11 is 0. The summed E-state index contributed by atoms with van der Waals surface area (Å²) in [5, 5.41) is 11.3. The molecule has 3 aromatic rings. The van der Waals surface area contributed by atoms with Gasteiger partial charge in [0.15, 0.2) is 11.5 Å². The number of aliphatic hydroxyl groups excluding tert-OH is 1. The highest BCUT2D eigenvalue weighted by molar-refractivity contribution is 6.51. The largest absolute Gasteiger partial charge is 0.507 e. The number of Topliss-reactive ketones (excluding diaryl/α,β-unsaturated/α-hetero) is 1. The van der Waals surface area contributed by atoms with Gasteiger partial charge in [0.1, 0.15) is 11.5 Å². The van der Waals surface area contributed by atoms with Crippen molar-refractivity contribution in [3.8, 4) is 17.2 Å². The first-order chi connectivity index (χ1) is 17.0. The summed E-state index contributed by atoms with van der Waals surface area (Å²) in [4.78, 5) is 28.1. The summed E-state index contributed by atoms with van der Waals surface area (Å²) in [6.45, 7) is 4.63. The zero-order valence-electron chi connectivity index (χ0n) is 19.5.